The van der Waals surface area contributed by atoms with Gasteiger partial charge in [-0.15, -0.1) is 0 Å². The number of hydrogen-bond donors (Lipinski definition) is 0. The van der Waals surface area contributed by atoms with Gasteiger partial charge in [-0.25, -0.2) is 0 Å². The maximum atomic E-state index is 11.1. The Bertz CT molecular complexity index is 356. The summed E-state index contributed by atoms with van der Waals surface area (Å²) in [5, 5.41) is 0. The van der Waals surface area contributed by atoms with Crippen LogP contribution in [0.25, 0.3) is 5.53 Å². The molecule has 0 bridgehead atoms. The lowest BCUT2D eigenvalue weighted by Gasteiger charge is -1.91. The minimum Gasteiger partial charge on any atom is -0.361 e. The Morgan fingerprint density at radius 1 is 1.58 bits per heavy atom. The van der Waals surface area contributed by atoms with E-state index in [9.17, 15) is 4.79 Å². The molecule has 0 unspecified atom stereocenters. The van der Waals surface area contributed by atoms with Crippen LogP contribution in [0.15, 0.2) is 24.3 Å². The van der Waals surface area contributed by atoms with Crippen LogP contribution in [0.3, 0.4) is 0 Å². The Morgan fingerprint density at radius 3 is 2.92 bits per heavy atom. The highest BCUT2D eigenvalue weighted by Gasteiger charge is 2.05. The molecule has 0 saturated carbocycles. The zero-order valence-electron chi connectivity index (χ0n) is 6.07. The van der Waals surface area contributed by atoms with E-state index in [2.05, 4.69) is 27.4 Å². The number of carbonyl (C=O) groups is 1. The van der Waals surface area contributed by atoms with Gasteiger partial charge in [0.15, 0.2) is 0 Å². The molecule has 0 heterocycles. The number of benzene rings is 1. The summed E-state index contributed by atoms with van der Waals surface area (Å²) in [6.07, 6.45) is 0.880. The van der Waals surface area contributed by atoms with Crippen LogP contribution >= 0.6 is 22.6 Å². The highest BCUT2D eigenvalue weighted by atomic mass is 127. The van der Waals surface area contributed by atoms with Crippen molar-refractivity contribution in [1.29, 1.82) is 0 Å². The highest BCUT2D eigenvalue weighted by molar-refractivity contribution is 14.1. The molecule has 0 fully saturated rings. The summed E-state index contributed by atoms with van der Waals surface area (Å²) in [5.41, 5.74) is 8.64. The summed E-state index contributed by atoms with van der Waals surface area (Å²) in [6, 6.07) is 7.06. The predicted octanol–water partition coefficient (Wildman–Crippen LogP) is 1.77. The normalized spacial score (nSPS) is 8.75. The van der Waals surface area contributed by atoms with Gasteiger partial charge in [0.2, 0.25) is 0 Å². The predicted molar refractivity (Wildman–Crippen MR) is 53.2 cm³/mol. The molecule has 0 spiro atoms. The molecular formula is C8H5IN2O. The average Bonchev–Trinajstić information content (AvgIpc) is 2.05. The molecule has 0 amide bonds. The van der Waals surface area contributed by atoms with Crippen LogP contribution in [0, 0.1) is 3.57 Å². The summed E-state index contributed by atoms with van der Waals surface area (Å²) in [6.45, 7) is 0. The molecule has 1 aromatic carbocycles. The molecule has 0 N–H and O–H groups in total. The van der Waals surface area contributed by atoms with Crippen LogP contribution in [0.5, 0.6) is 0 Å². The first-order valence-electron chi connectivity index (χ1n) is 3.21. The van der Waals surface area contributed by atoms with Crippen LogP contribution < -0.4 is 0 Å². The second-order valence-electron chi connectivity index (χ2n) is 2.12. The number of ketones is 1. The zero-order chi connectivity index (χ0) is 8.97. The summed E-state index contributed by atoms with van der Waals surface area (Å²) in [5.74, 6) is -0.295. The van der Waals surface area contributed by atoms with E-state index in [4.69, 9.17) is 5.53 Å². The topological polar surface area (TPSA) is 53.5 Å². The maximum Gasteiger partial charge on any atom is 0.328 e. The van der Waals surface area contributed by atoms with E-state index in [0.717, 1.165) is 9.78 Å². The Balaban J connectivity index is 3.03. The van der Waals surface area contributed by atoms with Crippen molar-refractivity contribution in [2.75, 3.05) is 0 Å². The molecule has 0 aliphatic rings. The van der Waals surface area contributed by atoms with Gasteiger partial charge in [0.1, 0.15) is 0 Å². The van der Waals surface area contributed by atoms with Gasteiger partial charge in [-0.3, -0.25) is 4.79 Å². The van der Waals surface area contributed by atoms with Crippen molar-refractivity contribution in [3.05, 3.63) is 38.9 Å². The molecule has 1 aromatic rings. The van der Waals surface area contributed by atoms with Crippen molar-refractivity contribution in [1.82, 2.24) is 0 Å². The van der Waals surface area contributed by atoms with Gasteiger partial charge < -0.3 is 5.53 Å². The van der Waals surface area contributed by atoms with Crippen molar-refractivity contribution in [2.45, 2.75) is 0 Å². The van der Waals surface area contributed by atoms with Crippen molar-refractivity contribution >= 4 is 34.6 Å². The minimum atomic E-state index is -0.295. The van der Waals surface area contributed by atoms with E-state index in [1.54, 1.807) is 18.2 Å². The fourth-order valence-corrected chi connectivity index (χ4v) is 1.31. The van der Waals surface area contributed by atoms with Gasteiger partial charge >= 0.3 is 6.21 Å². The molecule has 0 radical (unpaired) electrons. The van der Waals surface area contributed by atoms with E-state index in [0.29, 0.717) is 5.56 Å². The van der Waals surface area contributed by atoms with Crippen molar-refractivity contribution in [3.8, 4) is 0 Å². The summed E-state index contributed by atoms with van der Waals surface area (Å²) >= 11 is 2.11. The van der Waals surface area contributed by atoms with E-state index in [-0.39, 0.29) is 5.78 Å². The quantitative estimate of drug-likeness (QED) is 0.266. The molecule has 0 aliphatic heterocycles. The minimum absolute atomic E-state index is 0.295. The number of Topliss-reactive ketones (excluding diaryl/α,β-unsaturated/α-hetero) is 1. The maximum absolute atomic E-state index is 11.1. The SMILES string of the molecule is [N-]=[N+]=CC(=O)c1cccc(I)c1. The fourth-order valence-electron chi connectivity index (χ4n) is 0.769. The monoisotopic (exact) mass is 272 g/mol. The van der Waals surface area contributed by atoms with Crippen molar-refractivity contribution in [2.24, 2.45) is 0 Å². The second-order valence-corrected chi connectivity index (χ2v) is 3.36. The number of hydrogen-bond acceptors (Lipinski definition) is 1. The van der Waals surface area contributed by atoms with Gasteiger partial charge in [0, 0.05) is 9.13 Å². The molecule has 0 atom stereocenters. The van der Waals surface area contributed by atoms with Gasteiger partial charge in [-0.1, -0.05) is 12.1 Å². The first kappa shape index (κ1) is 9.09. The Hall–Kier alpha value is -1.000. The van der Waals surface area contributed by atoms with Crippen LogP contribution in [-0.2, 0) is 0 Å². The molecule has 1 rings (SSSR count). The molecule has 3 nitrogen and oxygen atoms in total. The first-order chi connectivity index (χ1) is 5.74. The Kier molecular flexibility index (Phi) is 3.13. The number of rotatable bonds is 2. The van der Waals surface area contributed by atoms with Crippen LogP contribution in [0.2, 0.25) is 0 Å². The van der Waals surface area contributed by atoms with Crippen molar-refractivity contribution < 1.29 is 9.58 Å². The summed E-state index contributed by atoms with van der Waals surface area (Å²) < 4.78 is 0.977. The van der Waals surface area contributed by atoms with Crippen LogP contribution in [0.1, 0.15) is 10.4 Å². The van der Waals surface area contributed by atoms with Crippen LogP contribution in [-0.4, -0.2) is 16.8 Å². The molecule has 60 valence electrons. The third-order valence-electron chi connectivity index (χ3n) is 1.28. The van der Waals surface area contributed by atoms with Gasteiger partial charge in [-0.05, 0) is 34.7 Å². The molecule has 0 aromatic heterocycles. The van der Waals surface area contributed by atoms with E-state index < -0.39 is 0 Å². The highest BCUT2D eigenvalue weighted by Crippen LogP contribution is 2.07. The number of halogens is 1. The third-order valence-corrected chi connectivity index (χ3v) is 1.96. The zero-order valence-corrected chi connectivity index (χ0v) is 8.22. The van der Waals surface area contributed by atoms with Gasteiger partial charge in [-0.2, -0.15) is 4.79 Å². The molecule has 0 aliphatic carbocycles. The Morgan fingerprint density at radius 2 is 2.33 bits per heavy atom. The lowest BCUT2D eigenvalue weighted by atomic mass is 10.1. The molecule has 12 heavy (non-hydrogen) atoms. The van der Waals surface area contributed by atoms with E-state index in [1.807, 2.05) is 6.07 Å². The lowest BCUT2D eigenvalue weighted by molar-refractivity contribution is 0.00235. The van der Waals surface area contributed by atoms with E-state index >= 15 is 0 Å². The molecular weight excluding hydrogens is 267 g/mol. The standard InChI is InChI=1S/C8H5IN2O/c9-7-3-1-2-6(4-7)8(12)5-11-10/h1-5H. The van der Waals surface area contributed by atoms with Gasteiger partial charge in [0.25, 0.3) is 5.78 Å². The first-order valence-corrected chi connectivity index (χ1v) is 4.29. The van der Waals surface area contributed by atoms with Crippen LogP contribution in [0.4, 0.5) is 0 Å². The average molecular weight is 272 g/mol. The summed E-state index contributed by atoms with van der Waals surface area (Å²) in [4.78, 5) is 13.7. The second kappa shape index (κ2) is 4.13. The lowest BCUT2D eigenvalue weighted by Crippen LogP contribution is -2.00. The van der Waals surface area contributed by atoms with Crippen molar-refractivity contribution in [3.63, 3.8) is 0 Å². The molecule has 4 heteroatoms. The Labute approximate surface area is 83.2 Å². The van der Waals surface area contributed by atoms with Gasteiger partial charge in [0.05, 0.1) is 0 Å². The smallest absolute Gasteiger partial charge is 0.328 e. The molecule has 0 saturated heterocycles. The third kappa shape index (κ3) is 2.25. The number of carbonyl (C=O) groups excluding carboxylic acids is 1. The largest absolute Gasteiger partial charge is 0.361 e. The number of nitrogens with zero attached hydrogens (tertiary/aromatic N) is 2. The van der Waals surface area contributed by atoms with E-state index in [1.165, 1.54) is 0 Å². The fraction of sp³-hybridized carbons (Fsp3) is 0. The summed E-state index contributed by atoms with van der Waals surface area (Å²) in [7, 11) is 0.